The summed E-state index contributed by atoms with van der Waals surface area (Å²) in [5.74, 6) is -0.821. The topological polar surface area (TPSA) is 77.4 Å². The molecule has 2 N–H and O–H groups in total. The van der Waals surface area contributed by atoms with Gasteiger partial charge in [-0.1, -0.05) is 17.7 Å². The predicted molar refractivity (Wildman–Crippen MR) is 95.7 cm³/mol. The Morgan fingerprint density at radius 2 is 2.12 bits per heavy atom. The zero-order valence-corrected chi connectivity index (χ0v) is 15.9. The number of aliphatic hydroxyl groups is 2. The fraction of sp³-hybridized carbons (Fsp3) is 0.579. The van der Waals surface area contributed by atoms with Crippen LogP contribution in [0.15, 0.2) is 24.8 Å². The molecule has 0 aliphatic carbocycles. The van der Waals surface area contributed by atoms with Crippen LogP contribution in [0, 0.1) is 6.92 Å². The van der Waals surface area contributed by atoms with Gasteiger partial charge >= 0.3 is 0 Å². The zero-order chi connectivity index (χ0) is 19.1. The normalized spacial score (nSPS) is 31.0. The molecular weight excluding hydrogens is 360 g/mol. The summed E-state index contributed by atoms with van der Waals surface area (Å²) < 4.78 is 22.5. The van der Waals surface area contributed by atoms with Crippen LogP contribution in [0.5, 0.6) is 0 Å². The summed E-state index contributed by atoms with van der Waals surface area (Å²) in [7, 11) is 0. The molecule has 5 atom stereocenters. The molecule has 0 aromatic heterocycles. The number of fused-ring (bicyclic) bond motifs is 1. The molecule has 1 aromatic carbocycles. The average molecular weight is 385 g/mol. The monoisotopic (exact) mass is 384 g/mol. The molecule has 0 spiro atoms. The van der Waals surface area contributed by atoms with Gasteiger partial charge in [0.25, 0.3) is 0 Å². The molecule has 7 heteroatoms. The van der Waals surface area contributed by atoms with Crippen LogP contribution in [0.2, 0.25) is 5.02 Å². The summed E-state index contributed by atoms with van der Waals surface area (Å²) in [6, 6.07) is 3.55. The molecule has 0 amide bonds. The van der Waals surface area contributed by atoms with E-state index in [9.17, 15) is 10.2 Å². The highest BCUT2D eigenvalue weighted by Crippen LogP contribution is 2.41. The first-order chi connectivity index (χ1) is 12.2. The first kappa shape index (κ1) is 19.8. The molecule has 0 saturated carbocycles. The van der Waals surface area contributed by atoms with Crippen LogP contribution in [0.25, 0.3) is 0 Å². The highest BCUT2D eigenvalue weighted by atomic mass is 35.5. The minimum atomic E-state index is -1.05. The van der Waals surface area contributed by atoms with Crippen molar-refractivity contribution in [1.29, 1.82) is 0 Å². The number of aliphatic hydroxyl groups excluding tert-OH is 2. The van der Waals surface area contributed by atoms with Gasteiger partial charge in [-0.25, -0.2) is 0 Å². The Morgan fingerprint density at radius 3 is 2.77 bits per heavy atom. The lowest BCUT2D eigenvalue weighted by molar-refractivity contribution is -0.226. The fourth-order valence-corrected chi connectivity index (χ4v) is 3.65. The van der Waals surface area contributed by atoms with Crippen LogP contribution >= 0.6 is 11.6 Å². The molecule has 2 fully saturated rings. The van der Waals surface area contributed by atoms with Gasteiger partial charge in [0, 0.05) is 5.02 Å². The van der Waals surface area contributed by atoms with Gasteiger partial charge in [0.2, 0.25) is 0 Å². The van der Waals surface area contributed by atoms with Crippen molar-refractivity contribution in [2.75, 3.05) is 6.61 Å². The van der Waals surface area contributed by atoms with Crippen LogP contribution in [0.4, 0.5) is 0 Å². The van der Waals surface area contributed by atoms with Crippen LogP contribution in [-0.2, 0) is 25.6 Å². The molecule has 6 nitrogen and oxygen atoms in total. The van der Waals surface area contributed by atoms with E-state index in [0.717, 1.165) is 11.1 Å². The molecular formula is C19H25ClO6. The first-order valence-corrected chi connectivity index (χ1v) is 8.96. The Morgan fingerprint density at radius 1 is 1.38 bits per heavy atom. The largest absolute Gasteiger partial charge is 0.387 e. The molecule has 0 bridgehead atoms. The van der Waals surface area contributed by atoms with Crippen molar-refractivity contribution < 1.29 is 29.2 Å². The van der Waals surface area contributed by atoms with Gasteiger partial charge < -0.3 is 29.2 Å². The number of halogens is 1. The number of benzene rings is 1. The molecule has 2 aliphatic heterocycles. The van der Waals surface area contributed by atoms with E-state index < -0.39 is 36.5 Å². The lowest BCUT2D eigenvalue weighted by Gasteiger charge is -2.27. The van der Waals surface area contributed by atoms with E-state index in [1.807, 2.05) is 6.92 Å². The summed E-state index contributed by atoms with van der Waals surface area (Å²) in [6.45, 7) is 9.66. The van der Waals surface area contributed by atoms with Gasteiger partial charge in [0.05, 0.1) is 13.2 Å². The molecule has 2 aliphatic rings. The van der Waals surface area contributed by atoms with Crippen LogP contribution in [0.3, 0.4) is 0 Å². The summed E-state index contributed by atoms with van der Waals surface area (Å²) in [4.78, 5) is 0. The fourth-order valence-electron chi connectivity index (χ4n) is 3.37. The molecule has 0 unspecified atom stereocenters. The first-order valence-electron chi connectivity index (χ1n) is 8.58. The highest BCUT2D eigenvalue weighted by molar-refractivity contribution is 6.31. The molecule has 3 rings (SSSR count). The van der Waals surface area contributed by atoms with Crippen molar-refractivity contribution in [3.05, 3.63) is 46.5 Å². The van der Waals surface area contributed by atoms with Crippen molar-refractivity contribution in [3.8, 4) is 0 Å². The zero-order valence-electron chi connectivity index (χ0n) is 15.1. The lowest BCUT2D eigenvalue weighted by atomic mass is 9.94. The Hall–Kier alpha value is -0.990. The second kappa shape index (κ2) is 7.56. The number of hydrogen-bond acceptors (Lipinski definition) is 6. The molecule has 2 heterocycles. The Kier molecular flexibility index (Phi) is 5.75. The Labute approximate surface area is 158 Å². The van der Waals surface area contributed by atoms with Gasteiger partial charge in [-0.3, -0.25) is 0 Å². The smallest absolute Gasteiger partial charge is 0.190 e. The maximum Gasteiger partial charge on any atom is 0.190 e. The summed E-state index contributed by atoms with van der Waals surface area (Å²) in [6.07, 6.45) is -2.60. The van der Waals surface area contributed by atoms with E-state index in [1.165, 1.54) is 0 Å². The third kappa shape index (κ3) is 3.82. The summed E-state index contributed by atoms with van der Waals surface area (Å²) >= 11 is 6.27. The van der Waals surface area contributed by atoms with Gasteiger partial charge in [0.1, 0.15) is 24.4 Å². The standard InChI is InChI=1S/C19H25ClO6/c1-5-6-23-9-11-8-12(10(2)7-13(11)20)14(21)16-15(22)17-18(24-16)26-19(3,4)25-17/h5,7-8,14-18,21-22H,1,6,9H2,2-4H3/t14-,15+,16-,17-,18-/m0/s1. The molecule has 1 aromatic rings. The van der Waals surface area contributed by atoms with Gasteiger partial charge in [-0.2, -0.15) is 0 Å². The second-order valence-electron chi connectivity index (χ2n) is 7.11. The van der Waals surface area contributed by atoms with Gasteiger partial charge in [-0.05, 0) is 49.6 Å². The average Bonchev–Trinajstić information content (AvgIpc) is 3.02. The molecule has 144 valence electrons. The van der Waals surface area contributed by atoms with E-state index in [0.29, 0.717) is 23.8 Å². The predicted octanol–water partition coefficient (Wildman–Crippen LogP) is 2.62. The Balaban J connectivity index is 1.78. The molecule has 0 radical (unpaired) electrons. The second-order valence-corrected chi connectivity index (χ2v) is 7.52. The Bertz CT molecular complexity index is 676. The number of ether oxygens (including phenoxy) is 4. The van der Waals surface area contributed by atoms with Crippen molar-refractivity contribution in [3.63, 3.8) is 0 Å². The van der Waals surface area contributed by atoms with E-state index in [1.54, 1.807) is 32.1 Å². The van der Waals surface area contributed by atoms with Crippen LogP contribution in [0.1, 0.15) is 36.6 Å². The minimum absolute atomic E-state index is 0.296. The minimum Gasteiger partial charge on any atom is -0.387 e. The highest BCUT2D eigenvalue weighted by Gasteiger charge is 2.56. The SMILES string of the molecule is C=CCOCc1cc([C@H](O)[C@@H]2O[C@H]3OC(C)(C)O[C@H]3[C@@H]2O)c(C)cc1Cl. The lowest BCUT2D eigenvalue weighted by Crippen LogP contribution is -2.37. The molecule has 26 heavy (non-hydrogen) atoms. The quantitative estimate of drug-likeness (QED) is 0.580. The summed E-state index contributed by atoms with van der Waals surface area (Å²) in [5, 5.41) is 22.0. The van der Waals surface area contributed by atoms with E-state index in [2.05, 4.69) is 6.58 Å². The van der Waals surface area contributed by atoms with Crippen molar-refractivity contribution >= 4 is 11.6 Å². The van der Waals surface area contributed by atoms with E-state index in [4.69, 9.17) is 30.5 Å². The van der Waals surface area contributed by atoms with Gasteiger partial charge in [0.15, 0.2) is 12.1 Å². The van der Waals surface area contributed by atoms with Gasteiger partial charge in [-0.15, -0.1) is 6.58 Å². The summed E-state index contributed by atoms with van der Waals surface area (Å²) in [5.41, 5.74) is 2.16. The van der Waals surface area contributed by atoms with Crippen molar-refractivity contribution in [2.45, 2.75) is 63.9 Å². The number of hydrogen-bond donors (Lipinski definition) is 2. The third-order valence-electron chi connectivity index (χ3n) is 4.61. The maximum absolute atomic E-state index is 10.8. The van der Waals surface area contributed by atoms with E-state index >= 15 is 0 Å². The van der Waals surface area contributed by atoms with Crippen LogP contribution < -0.4 is 0 Å². The van der Waals surface area contributed by atoms with Crippen molar-refractivity contribution in [2.24, 2.45) is 0 Å². The maximum atomic E-state index is 10.8. The third-order valence-corrected chi connectivity index (χ3v) is 4.96. The number of rotatable bonds is 6. The van der Waals surface area contributed by atoms with Crippen molar-refractivity contribution in [1.82, 2.24) is 0 Å². The number of aryl methyl sites for hydroxylation is 1. The van der Waals surface area contributed by atoms with Crippen LogP contribution in [-0.4, -0.2) is 47.2 Å². The van der Waals surface area contributed by atoms with E-state index in [-0.39, 0.29) is 0 Å². The molecule has 2 saturated heterocycles.